The number of benzene rings is 1. The number of hydrogen-bond acceptors (Lipinski definition) is 3. The summed E-state index contributed by atoms with van der Waals surface area (Å²) < 4.78 is 11.0. The van der Waals surface area contributed by atoms with Gasteiger partial charge in [-0.3, -0.25) is 0 Å². The fraction of sp³-hybridized carbons (Fsp3) is 0.353. The molecule has 1 atom stereocenters. The van der Waals surface area contributed by atoms with E-state index in [4.69, 9.17) is 32.4 Å². The van der Waals surface area contributed by atoms with Crippen LogP contribution in [0.3, 0.4) is 0 Å². The average Bonchev–Trinajstić information content (AvgIpc) is 3.24. The Hall–Kier alpha value is -1.69. The van der Waals surface area contributed by atoms with Gasteiger partial charge in [0, 0.05) is 18.2 Å². The van der Waals surface area contributed by atoms with Gasteiger partial charge in [0.2, 0.25) is 0 Å². The lowest BCUT2D eigenvalue weighted by molar-refractivity contribution is 0.0803. The number of carbonyl (C=O) groups is 1. The molecule has 2 aromatic rings. The van der Waals surface area contributed by atoms with Crippen molar-refractivity contribution in [1.82, 2.24) is 4.90 Å². The van der Waals surface area contributed by atoms with Crippen LogP contribution in [-0.2, 0) is 11.3 Å². The SMILES string of the molecule is O=C(Nc1cc(Cl)ccc1Cl)N(Cc1ccco1)CC1CCCO1. The van der Waals surface area contributed by atoms with Crippen LogP contribution in [0.15, 0.2) is 41.0 Å². The van der Waals surface area contributed by atoms with E-state index in [2.05, 4.69) is 5.32 Å². The van der Waals surface area contributed by atoms with Gasteiger partial charge >= 0.3 is 6.03 Å². The van der Waals surface area contributed by atoms with Gasteiger partial charge in [-0.2, -0.15) is 0 Å². The Balaban J connectivity index is 1.72. The van der Waals surface area contributed by atoms with Gasteiger partial charge in [-0.15, -0.1) is 0 Å². The fourth-order valence-corrected chi connectivity index (χ4v) is 2.97. The number of ether oxygens (including phenoxy) is 1. The summed E-state index contributed by atoms with van der Waals surface area (Å²) in [6.45, 7) is 1.59. The summed E-state index contributed by atoms with van der Waals surface area (Å²) in [6, 6.07) is 8.31. The van der Waals surface area contributed by atoms with Crippen LogP contribution in [0.1, 0.15) is 18.6 Å². The molecular formula is C17H18Cl2N2O3. The van der Waals surface area contributed by atoms with E-state index >= 15 is 0 Å². The summed E-state index contributed by atoms with van der Waals surface area (Å²) in [4.78, 5) is 14.4. The van der Waals surface area contributed by atoms with E-state index in [0.717, 1.165) is 19.4 Å². The van der Waals surface area contributed by atoms with Gasteiger partial charge in [-0.1, -0.05) is 23.2 Å². The molecule has 1 saturated heterocycles. The van der Waals surface area contributed by atoms with Crippen molar-refractivity contribution in [2.45, 2.75) is 25.5 Å². The molecule has 5 nitrogen and oxygen atoms in total. The first-order chi connectivity index (χ1) is 11.6. The number of hydrogen-bond donors (Lipinski definition) is 1. The second-order valence-corrected chi connectivity index (χ2v) is 6.49. The van der Waals surface area contributed by atoms with Crippen LogP contribution in [0, 0.1) is 0 Å². The molecular weight excluding hydrogens is 351 g/mol. The monoisotopic (exact) mass is 368 g/mol. The number of nitrogens with one attached hydrogen (secondary N) is 1. The van der Waals surface area contributed by atoms with Gasteiger partial charge in [-0.25, -0.2) is 4.79 Å². The second-order valence-electron chi connectivity index (χ2n) is 5.65. The minimum Gasteiger partial charge on any atom is -0.467 e. The Labute approximate surface area is 150 Å². The number of furan rings is 1. The highest BCUT2D eigenvalue weighted by Crippen LogP contribution is 2.26. The van der Waals surface area contributed by atoms with Crippen LogP contribution >= 0.6 is 23.2 Å². The van der Waals surface area contributed by atoms with Crippen LogP contribution < -0.4 is 5.32 Å². The third-order valence-electron chi connectivity index (χ3n) is 3.83. The Morgan fingerprint density at radius 3 is 2.92 bits per heavy atom. The first-order valence-corrected chi connectivity index (χ1v) is 8.52. The van der Waals surface area contributed by atoms with Crippen molar-refractivity contribution >= 4 is 34.9 Å². The molecule has 128 valence electrons. The molecule has 24 heavy (non-hydrogen) atoms. The molecule has 0 spiro atoms. The van der Waals surface area contributed by atoms with Crippen LogP contribution in [0.2, 0.25) is 10.0 Å². The number of amides is 2. The van der Waals surface area contributed by atoms with Gasteiger partial charge in [-0.05, 0) is 43.2 Å². The molecule has 0 aliphatic carbocycles. The zero-order chi connectivity index (χ0) is 16.9. The van der Waals surface area contributed by atoms with Crippen molar-refractivity contribution in [3.05, 3.63) is 52.4 Å². The maximum absolute atomic E-state index is 12.7. The van der Waals surface area contributed by atoms with Crippen LogP contribution in [0.5, 0.6) is 0 Å². The molecule has 1 N–H and O–H groups in total. The smallest absolute Gasteiger partial charge is 0.322 e. The number of rotatable bonds is 5. The third-order valence-corrected chi connectivity index (χ3v) is 4.40. The summed E-state index contributed by atoms with van der Waals surface area (Å²) in [5.41, 5.74) is 0.478. The third kappa shape index (κ3) is 4.44. The fourth-order valence-electron chi connectivity index (χ4n) is 2.63. The largest absolute Gasteiger partial charge is 0.467 e. The normalized spacial score (nSPS) is 17.0. The van der Waals surface area contributed by atoms with Crippen LogP contribution in [0.4, 0.5) is 10.5 Å². The number of halogens is 2. The summed E-state index contributed by atoms with van der Waals surface area (Å²) >= 11 is 12.1. The first kappa shape index (κ1) is 17.1. The highest BCUT2D eigenvalue weighted by molar-refractivity contribution is 6.35. The van der Waals surface area contributed by atoms with Crippen LogP contribution in [-0.4, -0.2) is 30.2 Å². The maximum Gasteiger partial charge on any atom is 0.322 e. The van der Waals surface area contributed by atoms with Gasteiger partial charge < -0.3 is 19.4 Å². The van der Waals surface area contributed by atoms with E-state index in [9.17, 15) is 4.79 Å². The Bertz CT molecular complexity index is 685. The molecule has 0 bridgehead atoms. The number of anilines is 1. The number of nitrogens with zero attached hydrogens (tertiary/aromatic N) is 1. The van der Waals surface area contributed by atoms with Gasteiger partial charge in [0.1, 0.15) is 5.76 Å². The molecule has 3 rings (SSSR count). The maximum atomic E-state index is 12.7. The highest BCUT2D eigenvalue weighted by atomic mass is 35.5. The summed E-state index contributed by atoms with van der Waals surface area (Å²) in [6.07, 6.45) is 3.59. The Morgan fingerprint density at radius 1 is 1.33 bits per heavy atom. The lowest BCUT2D eigenvalue weighted by Crippen LogP contribution is -2.39. The Kier molecular flexibility index (Phi) is 5.66. The first-order valence-electron chi connectivity index (χ1n) is 7.77. The predicted octanol–water partition coefficient (Wildman–Crippen LogP) is 4.80. The van der Waals surface area contributed by atoms with Gasteiger partial charge in [0.15, 0.2) is 0 Å². The number of urea groups is 1. The van der Waals surface area contributed by atoms with Crippen molar-refractivity contribution in [1.29, 1.82) is 0 Å². The molecule has 2 heterocycles. The minimum absolute atomic E-state index is 0.0422. The van der Waals surface area contributed by atoms with Crippen LogP contribution in [0.25, 0.3) is 0 Å². The lowest BCUT2D eigenvalue weighted by Gasteiger charge is -2.25. The summed E-state index contributed by atoms with van der Waals surface area (Å²) in [5.74, 6) is 0.709. The zero-order valence-corrected chi connectivity index (χ0v) is 14.5. The zero-order valence-electron chi connectivity index (χ0n) is 13.0. The number of carbonyl (C=O) groups excluding carboxylic acids is 1. The van der Waals surface area contributed by atoms with Crippen molar-refractivity contribution in [2.75, 3.05) is 18.5 Å². The molecule has 1 aliphatic heterocycles. The average molecular weight is 369 g/mol. The molecule has 1 aliphatic rings. The summed E-state index contributed by atoms with van der Waals surface area (Å²) in [7, 11) is 0. The molecule has 0 radical (unpaired) electrons. The molecule has 2 amide bonds. The summed E-state index contributed by atoms with van der Waals surface area (Å²) in [5, 5.41) is 3.75. The quantitative estimate of drug-likeness (QED) is 0.824. The van der Waals surface area contributed by atoms with Crippen molar-refractivity contribution in [2.24, 2.45) is 0 Å². The lowest BCUT2D eigenvalue weighted by atomic mass is 10.2. The van der Waals surface area contributed by atoms with Crippen molar-refractivity contribution in [3.63, 3.8) is 0 Å². The second kappa shape index (κ2) is 7.92. The highest BCUT2D eigenvalue weighted by Gasteiger charge is 2.24. The molecule has 1 fully saturated rings. The Morgan fingerprint density at radius 2 is 2.21 bits per heavy atom. The molecule has 1 aromatic carbocycles. The molecule has 1 unspecified atom stereocenters. The van der Waals surface area contributed by atoms with Crippen molar-refractivity contribution in [3.8, 4) is 0 Å². The standard InChI is InChI=1S/C17H18Cl2N2O3/c18-12-5-6-15(19)16(9-12)20-17(22)21(10-13-3-1-7-23-13)11-14-4-2-8-24-14/h1,3,5-7,9,14H,2,4,8,10-11H2,(H,20,22). The molecule has 1 aromatic heterocycles. The van der Waals surface area contributed by atoms with E-state index < -0.39 is 0 Å². The van der Waals surface area contributed by atoms with Gasteiger partial charge in [0.05, 0.1) is 29.6 Å². The molecule has 7 heteroatoms. The molecule has 0 saturated carbocycles. The topological polar surface area (TPSA) is 54.7 Å². The van der Waals surface area contributed by atoms with E-state index in [1.54, 1.807) is 35.4 Å². The predicted molar refractivity (Wildman–Crippen MR) is 93.6 cm³/mol. The van der Waals surface area contributed by atoms with Crippen molar-refractivity contribution < 1.29 is 13.9 Å². The van der Waals surface area contributed by atoms with E-state index in [0.29, 0.717) is 34.6 Å². The van der Waals surface area contributed by atoms with E-state index in [-0.39, 0.29) is 12.1 Å². The van der Waals surface area contributed by atoms with E-state index in [1.165, 1.54) is 0 Å². The minimum atomic E-state index is -0.272. The van der Waals surface area contributed by atoms with Gasteiger partial charge in [0.25, 0.3) is 0 Å². The van der Waals surface area contributed by atoms with E-state index in [1.807, 2.05) is 6.07 Å².